The van der Waals surface area contributed by atoms with Gasteiger partial charge in [0.15, 0.2) is 0 Å². The number of rotatable bonds is 2. The minimum atomic E-state index is -0.0195. The summed E-state index contributed by atoms with van der Waals surface area (Å²) in [5.41, 5.74) is 5.95. The number of hydrogen-bond donors (Lipinski definition) is 0. The van der Waals surface area contributed by atoms with E-state index < -0.39 is 0 Å². The zero-order valence-electron chi connectivity index (χ0n) is 15.2. The molecule has 0 radical (unpaired) electrons. The third kappa shape index (κ3) is 2.74. The molecule has 0 bridgehead atoms. The molecule has 4 rings (SSSR count). The zero-order valence-corrected chi connectivity index (χ0v) is 15.2. The maximum Gasteiger partial charge on any atom is 0.258 e. The molecule has 0 saturated carbocycles. The van der Waals surface area contributed by atoms with E-state index in [2.05, 4.69) is 9.97 Å². The number of aromatic nitrogens is 2. The Bertz CT molecular complexity index is 1000. The van der Waals surface area contributed by atoms with Crippen molar-refractivity contribution in [2.75, 3.05) is 18.6 Å². The Balaban J connectivity index is 1.74. The summed E-state index contributed by atoms with van der Waals surface area (Å²) in [5, 5.41) is 0. The topological polar surface area (TPSA) is 55.3 Å². The monoisotopic (exact) mass is 347 g/mol. The van der Waals surface area contributed by atoms with E-state index in [-0.39, 0.29) is 12.0 Å². The van der Waals surface area contributed by atoms with E-state index in [0.29, 0.717) is 12.1 Å². The Kier molecular flexibility index (Phi) is 4.17. The second-order valence-corrected chi connectivity index (χ2v) is 6.63. The standard InChI is InChI=1S/C21H21N3O2/c1-13-14(2)23-18-12-15(8-9-17(18)22-13)21(25)24-11-10-20(26-3)16-6-4-5-7-19(16)24/h4-9,12,20H,10-11H2,1-3H3. The number of hydrogen-bond acceptors (Lipinski definition) is 4. The van der Waals surface area contributed by atoms with Gasteiger partial charge in [0.1, 0.15) is 0 Å². The van der Waals surface area contributed by atoms with Crippen LogP contribution in [0.1, 0.15) is 39.8 Å². The first kappa shape index (κ1) is 16.7. The van der Waals surface area contributed by atoms with E-state index in [0.717, 1.165) is 40.1 Å². The average molecular weight is 347 g/mol. The van der Waals surface area contributed by atoms with Crippen molar-refractivity contribution in [2.24, 2.45) is 0 Å². The summed E-state index contributed by atoms with van der Waals surface area (Å²) in [6, 6.07) is 13.5. The van der Waals surface area contributed by atoms with Crippen LogP contribution in [0.5, 0.6) is 0 Å². The average Bonchev–Trinajstić information content (AvgIpc) is 2.67. The Hall–Kier alpha value is -2.79. The molecule has 0 N–H and O–H groups in total. The lowest BCUT2D eigenvalue weighted by Gasteiger charge is -2.33. The molecule has 5 heteroatoms. The van der Waals surface area contributed by atoms with Crippen molar-refractivity contribution < 1.29 is 9.53 Å². The van der Waals surface area contributed by atoms with E-state index in [1.165, 1.54) is 0 Å². The molecule has 1 aliphatic rings. The van der Waals surface area contributed by atoms with E-state index in [1.54, 1.807) is 7.11 Å². The molecule has 2 heterocycles. The molecule has 1 unspecified atom stereocenters. The van der Waals surface area contributed by atoms with Gasteiger partial charge in [0.25, 0.3) is 5.91 Å². The van der Waals surface area contributed by atoms with Crippen LogP contribution in [0.4, 0.5) is 5.69 Å². The molecule has 0 spiro atoms. The van der Waals surface area contributed by atoms with E-state index in [4.69, 9.17) is 4.74 Å². The molecular formula is C21H21N3O2. The molecule has 1 amide bonds. The number of para-hydroxylation sites is 1. The van der Waals surface area contributed by atoms with Crippen molar-refractivity contribution >= 4 is 22.6 Å². The van der Waals surface area contributed by atoms with Crippen molar-refractivity contribution in [3.05, 3.63) is 65.0 Å². The van der Waals surface area contributed by atoms with Crippen LogP contribution in [0.3, 0.4) is 0 Å². The smallest absolute Gasteiger partial charge is 0.258 e. The van der Waals surface area contributed by atoms with Crippen molar-refractivity contribution in [1.82, 2.24) is 9.97 Å². The summed E-state index contributed by atoms with van der Waals surface area (Å²) >= 11 is 0. The van der Waals surface area contributed by atoms with E-state index in [1.807, 2.05) is 61.2 Å². The highest BCUT2D eigenvalue weighted by molar-refractivity contribution is 6.08. The lowest BCUT2D eigenvalue weighted by molar-refractivity contribution is 0.0868. The lowest BCUT2D eigenvalue weighted by Crippen LogP contribution is -2.37. The van der Waals surface area contributed by atoms with Crippen molar-refractivity contribution in [3.63, 3.8) is 0 Å². The van der Waals surface area contributed by atoms with Gasteiger partial charge in [-0.1, -0.05) is 18.2 Å². The number of amides is 1. The molecule has 0 saturated heterocycles. The van der Waals surface area contributed by atoms with Crippen LogP contribution in [0.25, 0.3) is 11.0 Å². The maximum absolute atomic E-state index is 13.2. The van der Waals surface area contributed by atoms with E-state index >= 15 is 0 Å². The molecule has 1 aliphatic heterocycles. The maximum atomic E-state index is 13.2. The van der Waals surface area contributed by atoms with E-state index in [9.17, 15) is 4.79 Å². The van der Waals surface area contributed by atoms with Gasteiger partial charge in [-0.15, -0.1) is 0 Å². The van der Waals surface area contributed by atoms with Crippen LogP contribution in [-0.2, 0) is 4.74 Å². The number of aryl methyl sites for hydroxylation is 2. The van der Waals surface area contributed by atoms with Crippen molar-refractivity contribution in [1.29, 1.82) is 0 Å². The molecule has 0 fully saturated rings. The first-order valence-corrected chi connectivity index (χ1v) is 8.77. The third-order valence-corrected chi connectivity index (χ3v) is 5.04. The van der Waals surface area contributed by atoms with Crippen molar-refractivity contribution in [3.8, 4) is 0 Å². The Morgan fingerprint density at radius 1 is 1.08 bits per heavy atom. The summed E-state index contributed by atoms with van der Waals surface area (Å²) in [6.07, 6.45) is 0.814. The minimum Gasteiger partial charge on any atom is -0.377 e. The molecule has 132 valence electrons. The van der Waals surface area contributed by atoms with Gasteiger partial charge in [0.2, 0.25) is 0 Å². The Morgan fingerprint density at radius 2 is 1.81 bits per heavy atom. The third-order valence-electron chi connectivity index (χ3n) is 5.04. The van der Waals surface area contributed by atoms with Crippen LogP contribution >= 0.6 is 0 Å². The molecular weight excluding hydrogens is 326 g/mol. The second-order valence-electron chi connectivity index (χ2n) is 6.63. The minimum absolute atomic E-state index is 0.0195. The summed E-state index contributed by atoms with van der Waals surface area (Å²) < 4.78 is 5.58. The van der Waals surface area contributed by atoms with Crippen molar-refractivity contribution in [2.45, 2.75) is 26.4 Å². The summed E-state index contributed by atoms with van der Waals surface area (Å²) in [6.45, 7) is 4.50. The molecule has 5 nitrogen and oxygen atoms in total. The number of nitrogens with zero attached hydrogens (tertiary/aromatic N) is 3. The quantitative estimate of drug-likeness (QED) is 0.703. The van der Waals surface area contributed by atoms with Gasteiger partial charge >= 0.3 is 0 Å². The van der Waals surface area contributed by atoms with Crippen LogP contribution in [-0.4, -0.2) is 29.5 Å². The van der Waals surface area contributed by atoms with Gasteiger partial charge in [0.05, 0.1) is 28.5 Å². The van der Waals surface area contributed by atoms with Gasteiger partial charge in [0, 0.05) is 30.5 Å². The molecule has 3 aromatic rings. The van der Waals surface area contributed by atoms with Crippen LogP contribution in [0.2, 0.25) is 0 Å². The highest BCUT2D eigenvalue weighted by Gasteiger charge is 2.29. The molecule has 0 aliphatic carbocycles. The fourth-order valence-corrected chi connectivity index (χ4v) is 3.50. The normalized spacial score (nSPS) is 16.6. The molecule has 26 heavy (non-hydrogen) atoms. The predicted octanol–water partition coefficient (Wildman–Crippen LogP) is 3.98. The predicted molar refractivity (Wildman–Crippen MR) is 101 cm³/mol. The molecule has 1 aromatic heterocycles. The molecule has 1 atom stereocenters. The van der Waals surface area contributed by atoms with Crippen LogP contribution in [0.15, 0.2) is 42.5 Å². The largest absolute Gasteiger partial charge is 0.377 e. The number of carbonyl (C=O) groups is 1. The first-order chi connectivity index (χ1) is 12.6. The summed E-state index contributed by atoms with van der Waals surface area (Å²) in [7, 11) is 1.71. The number of carbonyl (C=O) groups excluding carboxylic acids is 1. The fraction of sp³-hybridized carbons (Fsp3) is 0.286. The van der Waals surface area contributed by atoms with Gasteiger partial charge in [-0.05, 0) is 44.5 Å². The number of anilines is 1. The summed E-state index contributed by atoms with van der Waals surface area (Å²) in [5.74, 6) is -0.0195. The van der Waals surface area contributed by atoms with Gasteiger partial charge in [-0.25, -0.2) is 9.97 Å². The second kappa shape index (κ2) is 6.50. The van der Waals surface area contributed by atoms with Crippen LogP contribution < -0.4 is 4.90 Å². The summed E-state index contributed by atoms with van der Waals surface area (Å²) in [4.78, 5) is 24.1. The number of ether oxygens (including phenoxy) is 1. The van der Waals surface area contributed by atoms with Gasteiger partial charge < -0.3 is 9.64 Å². The highest BCUT2D eigenvalue weighted by atomic mass is 16.5. The fourth-order valence-electron chi connectivity index (χ4n) is 3.50. The Labute approximate surface area is 152 Å². The number of fused-ring (bicyclic) bond motifs is 2. The van der Waals surface area contributed by atoms with Crippen LogP contribution in [0, 0.1) is 13.8 Å². The van der Waals surface area contributed by atoms with Gasteiger partial charge in [-0.3, -0.25) is 4.79 Å². The first-order valence-electron chi connectivity index (χ1n) is 8.77. The SMILES string of the molecule is COC1CCN(C(=O)c2ccc3nc(C)c(C)nc3c2)c2ccccc21. The molecule has 2 aromatic carbocycles. The Morgan fingerprint density at radius 3 is 2.58 bits per heavy atom. The van der Waals surface area contributed by atoms with Gasteiger partial charge in [-0.2, -0.15) is 0 Å². The number of benzene rings is 2. The zero-order chi connectivity index (χ0) is 18.3. The lowest BCUT2D eigenvalue weighted by atomic mass is 9.98. The number of methoxy groups -OCH3 is 1. The highest BCUT2D eigenvalue weighted by Crippen LogP contribution is 2.36.